The molecule has 2 rings (SSSR count). The fourth-order valence-electron chi connectivity index (χ4n) is 1.72. The van der Waals surface area contributed by atoms with Crippen LogP contribution in [0.3, 0.4) is 0 Å². The minimum Gasteiger partial charge on any atom is -0.507 e. The molecule has 2 aromatic rings. The minimum atomic E-state index is 0.310. The van der Waals surface area contributed by atoms with Gasteiger partial charge in [0.2, 0.25) is 0 Å². The first-order valence-corrected chi connectivity index (χ1v) is 5.79. The van der Waals surface area contributed by atoms with E-state index in [1.165, 1.54) is 0 Å². The molecule has 0 heterocycles. The zero-order chi connectivity index (χ0) is 11.4. The Hall–Kier alpha value is -1.47. The molecule has 82 valence electrons. The first kappa shape index (κ1) is 11.0. The summed E-state index contributed by atoms with van der Waals surface area (Å²) in [6.45, 7) is 0. The summed E-state index contributed by atoms with van der Waals surface area (Å²) in [5, 5.41) is 12.0. The van der Waals surface area contributed by atoms with Crippen molar-refractivity contribution < 1.29 is 5.11 Å². The van der Waals surface area contributed by atoms with Crippen molar-refractivity contribution >= 4 is 28.4 Å². The molecule has 0 atom stereocenters. The molecule has 0 amide bonds. The van der Waals surface area contributed by atoms with Crippen LogP contribution in [0.4, 0.5) is 0 Å². The van der Waals surface area contributed by atoms with Gasteiger partial charge in [-0.2, -0.15) is 0 Å². The van der Waals surface area contributed by atoms with E-state index in [4.69, 9.17) is 11.6 Å². The molecule has 0 aromatic heterocycles. The number of alkyl halides is 1. The number of phenols is 1. The molecule has 2 aromatic carbocycles. The van der Waals surface area contributed by atoms with Crippen LogP contribution in [0.5, 0.6) is 5.75 Å². The van der Waals surface area contributed by atoms with Crippen LogP contribution in [0, 0.1) is 0 Å². The van der Waals surface area contributed by atoms with Gasteiger partial charge in [0.05, 0.1) is 0 Å². The molecule has 2 heteroatoms. The van der Waals surface area contributed by atoms with Gasteiger partial charge in [0.25, 0.3) is 0 Å². The topological polar surface area (TPSA) is 20.2 Å². The van der Waals surface area contributed by atoms with Gasteiger partial charge in [-0.3, -0.25) is 0 Å². The van der Waals surface area contributed by atoms with E-state index >= 15 is 0 Å². The predicted octanol–water partition coefficient (Wildman–Crippen LogP) is 4.19. The lowest BCUT2D eigenvalue weighted by Crippen LogP contribution is -1.80. The fourth-order valence-corrected chi connectivity index (χ4v) is 1.85. The van der Waals surface area contributed by atoms with E-state index in [1.54, 1.807) is 6.07 Å². The van der Waals surface area contributed by atoms with Crippen LogP contribution in [0.2, 0.25) is 0 Å². The van der Waals surface area contributed by atoms with Gasteiger partial charge >= 0.3 is 0 Å². The highest BCUT2D eigenvalue weighted by Gasteiger charge is 2.02. The third kappa shape index (κ3) is 2.20. The predicted molar refractivity (Wildman–Crippen MR) is 70.0 cm³/mol. The molecule has 0 radical (unpaired) electrons. The number of phenolic OH excluding ortho intramolecular Hbond substituents is 1. The lowest BCUT2D eigenvalue weighted by atomic mass is 10.0. The maximum Gasteiger partial charge on any atom is 0.123 e. The Kier molecular flexibility index (Phi) is 3.47. The summed E-state index contributed by atoms with van der Waals surface area (Å²) < 4.78 is 0. The number of hydrogen-bond donors (Lipinski definition) is 1. The molecule has 0 fully saturated rings. The smallest absolute Gasteiger partial charge is 0.123 e. The van der Waals surface area contributed by atoms with E-state index in [0.29, 0.717) is 11.6 Å². The number of hydrogen-bond acceptors (Lipinski definition) is 1. The summed E-state index contributed by atoms with van der Waals surface area (Å²) in [4.78, 5) is 0. The zero-order valence-corrected chi connectivity index (χ0v) is 9.61. The Bertz CT molecular complexity index is 517. The van der Waals surface area contributed by atoms with Crippen molar-refractivity contribution in [3.8, 4) is 5.75 Å². The number of fused-ring (bicyclic) bond motifs is 1. The van der Waals surface area contributed by atoms with Crippen LogP contribution < -0.4 is 0 Å². The monoisotopic (exact) mass is 232 g/mol. The first-order chi connectivity index (χ1) is 7.83. The van der Waals surface area contributed by atoms with E-state index in [9.17, 15) is 5.11 Å². The van der Waals surface area contributed by atoms with Crippen LogP contribution in [-0.4, -0.2) is 11.0 Å². The van der Waals surface area contributed by atoms with Crippen molar-refractivity contribution in [3.63, 3.8) is 0 Å². The van der Waals surface area contributed by atoms with Gasteiger partial charge < -0.3 is 5.11 Å². The average molecular weight is 233 g/mol. The molecular weight excluding hydrogens is 220 g/mol. The molecule has 0 bridgehead atoms. The summed E-state index contributed by atoms with van der Waals surface area (Å²) in [7, 11) is 0. The van der Waals surface area contributed by atoms with Crippen molar-refractivity contribution in [2.24, 2.45) is 0 Å². The number of benzene rings is 2. The van der Waals surface area contributed by atoms with E-state index in [-0.39, 0.29) is 0 Å². The normalized spacial score (nSPS) is 11.3. The summed E-state index contributed by atoms with van der Waals surface area (Å²) in [6, 6.07) is 11.7. The molecule has 16 heavy (non-hydrogen) atoms. The van der Waals surface area contributed by atoms with E-state index in [0.717, 1.165) is 22.8 Å². The first-order valence-electron chi connectivity index (χ1n) is 5.26. The lowest BCUT2D eigenvalue weighted by molar-refractivity contribution is 0.475. The molecule has 0 aliphatic rings. The van der Waals surface area contributed by atoms with E-state index in [2.05, 4.69) is 0 Å². The van der Waals surface area contributed by atoms with Crippen molar-refractivity contribution in [2.75, 3.05) is 5.88 Å². The third-order valence-corrected chi connectivity index (χ3v) is 2.73. The Morgan fingerprint density at radius 1 is 1.12 bits per heavy atom. The van der Waals surface area contributed by atoms with Crippen molar-refractivity contribution in [3.05, 3.63) is 48.0 Å². The maximum absolute atomic E-state index is 9.82. The third-order valence-electron chi connectivity index (χ3n) is 2.51. The van der Waals surface area contributed by atoms with Crippen LogP contribution in [0.1, 0.15) is 12.0 Å². The maximum atomic E-state index is 9.82. The van der Waals surface area contributed by atoms with Crippen LogP contribution in [-0.2, 0) is 0 Å². The largest absolute Gasteiger partial charge is 0.507 e. The highest BCUT2D eigenvalue weighted by atomic mass is 35.5. The molecule has 0 saturated heterocycles. The Morgan fingerprint density at radius 3 is 2.75 bits per heavy atom. The summed E-state index contributed by atoms with van der Waals surface area (Å²) >= 11 is 5.61. The Balaban J connectivity index is 2.52. The molecule has 0 unspecified atom stereocenters. The second kappa shape index (κ2) is 5.04. The molecule has 0 aliphatic heterocycles. The molecule has 1 N–H and O–H groups in total. The minimum absolute atomic E-state index is 0.310. The standard InChI is InChI=1S/C14H13ClO/c15-10-4-3-7-13-12-6-2-1-5-11(12)8-9-14(13)16/h1-3,5-9,16H,4,10H2. The molecule has 0 spiro atoms. The number of aromatic hydroxyl groups is 1. The van der Waals surface area contributed by atoms with Gasteiger partial charge in [0, 0.05) is 11.4 Å². The highest BCUT2D eigenvalue weighted by Crippen LogP contribution is 2.28. The van der Waals surface area contributed by atoms with Crippen molar-refractivity contribution in [1.29, 1.82) is 0 Å². The number of allylic oxidation sites excluding steroid dienone is 1. The Labute approximate surface area is 100.0 Å². The summed E-state index contributed by atoms with van der Waals surface area (Å²) in [5.74, 6) is 0.909. The van der Waals surface area contributed by atoms with Gasteiger partial charge in [-0.25, -0.2) is 0 Å². The average Bonchev–Trinajstić information content (AvgIpc) is 2.32. The van der Waals surface area contributed by atoms with Gasteiger partial charge in [-0.15, -0.1) is 11.6 Å². The number of rotatable bonds is 3. The number of halogens is 1. The van der Waals surface area contributed by atoms with E-state index in [1.807, 2.05) is 42.5 Å². The van der Waals surface area contributed by atoms with Crippen molar-refractivity contribution in [2.45, 2.75) is 6.42 Å². The molecule has 0 saturated carbocycles. The SMILES string of the molecule is Oc1ccc2ccccc2c1C=CCCCl. The van der Waals surface area contributed by atoms with Crippen LogP contribution >= 0.6 is 11.6 Å². The second-order valence-corrected chi connectivity index (χ2v) is 3.98. The van der Waals surface area contributed by atoms with Crippen molar-refractivity contribution in [1.82, 2.24) is 0 Å². The fraction of sp³-hybridized carbons (Fsp3) is 0.143. The summed E-state index contributed by atoms with van der Waals surface area (Å²) in [6.07, 6.45) is 4.72. The Morgan fingerprint density at radius 2 is 1.94 bits per heavy atom. The molecule has 0 aliphatic carbocycles. The van der Waals surface area contributed by atoms with Gasteiger partial charge in [0.15, 0.2) is 0 Å². The van der Waals surface area contributed by atoms with Gasteiger partial charge in [-0.1, -0.05) is 42.5 Å². The van der Waals surface area contributed by atoms with Gasteiger partial charge in [0.1, 0.15) is 5.75 Å². The van der Waals surface area contributed by atoms with Crippen LogP contribution in [0.25, 0.3) is 16.8 Å². The highest BCUT2D eigenvalue weighted by molar-refractivity contribution is 6.17. The quantitative estimate of drug-likeness (QED) is 0.787. The lowest BCUT2D eigenvalue weighted by Gasteiger charge is -2.04. The van der Waals surface area contributed by atoms with E-state index < -0.39 is 0 Å². The molecular formula is C14H13ClO. The second-order valence-electron chi connectivity index (χ2n) is 3.60. The van der Waals surface area contributed by atoms with Gasteiger partial charge in [-0.05, 0) is 23.3 Å². The summed E-state index contributed by atoms with van der Waals surface area (Å²) in [5.41, 5.74) is 0.864. The van der Waals surface area contributed by atoms with Crippen LogP contribution in [0.15, 0.2) is 42.5 Å². The molecule has 1 nitrogen and oxygen atoms in total. The zero-order valence-electron chi connectivity index (χ0n) is 8.86.